The van der Waals surface area contributed by atoms with E-state index in [4.69, 9.17) is 4.52 Å². The van der Waals surface area contributed by atoms with Gasteiger partial charge in [-0.15, -0.1) is 0 Å². The maximum Gasteiger partial charge on any atom is 0.150 e. The van der Waals surface area contributed by atoms with E-state index in [1.54, 1.807) is 0 Å². The van der Waals surface area contributed by atoms with E-state index < -0.39 is 0 Å². The normalized spacial score (nSPS) is 13.6. The Balaban J connectivity index is 2.36. The van der Waals surface area contributed by atoms with Gasteiger partial charge in [-0.2, -0.15) is 11.8 Å². The van der Waals surface area contributed by atoms with E-state index >= 15 is 0 Å². The van der Waals surface area contributed by atoms with Crippen LogP contribution in [0.1, 0.15) is 44.6 Å². The molecule has 98 valence electrons. The van der Waals surface area contributed by atoms with Gasteiger partial charge in [0.2, 0.25) is 0 Å². The second-order valence-electron chi connectivity index (χ2n) is 4.95. The van der Waals surface area contributed by atoms with Gasteiger partial charge < -0.3 is 4.52 Å². The number of thioether (sulfide) groups is 1. The van der Waals surface area contributed by atoms with Crippen LogP contribution in [0.4, 0.5) is 0 Å². The molecule has 0 bridgehead atoms. The minimum Gasteiger partial charge on any atom is -0.360 e. The van der Waals surface area contributed by atoms with Crippen LogP contribution in [-0.2, 0) is 6.54 Å². The summed E-state index contributed by atoms with van der Waals surface area (Å²) in [6.45, 7) is 8.47. The first-order chi connectivity index (χ1) is 8.02. The monoisotopic (exact) mass is 256 g/mol. The third-order valence-electron chi connectivity index (χ3n) is 2.91. The third-order valence-corrected chi connectivity index (χ3v) is 3.95. The lowest BCUT2D eigenvalue weighted by Gasteiger charge is -2.16. The van der Waals surface area contributed by atoms with Gasteiger partial charge in [0.1, 0.15) is 0 Å². The molecule has 1 aromatic rings. The van der Waals surface area contributed by atoms with Crippen molar-refractivity contribution in [1.29, 1.82) is 0 Å². The molecule has 0 saturated carbocycles. The molecule has 1 heterocycles. The van der Waals surface area contributed by atoms with Crippen molar-refractivity contribution >= 4 is 11.8 Å². The van der Waals surface area contributed by atoms with E-state index in [9.17, 15) is 0 Å². The molecule has 0 unspecified atom stereocenters. The lowest BCUT2D eigenvalue weighted by molar-refractivity contribution is 0.269. The Hall–Kier alpha value is -0.480. The molecule has 1 aromatic heterocycles. The molecule has 0 aromatic carbocycles. The van der Waals surface area contributed by atoms with Crippen molar-refractivity contribution in [2.75, 3.05) is 19.8 Å². The maximum absolute atomic E-state index is 5.33. The molecule has 0 saturated heterocycles. The molecular formula is C13H24N2OS. The van der Waals surface area contributed by atoms with E-state index in [-0.39, 0.29) is 0 Å². The topological polar surface area (TPSA) is 29.3 Å². The van der Waals surface area contributed by atoms with Crippen LogP contribution in [0.2, 0.25) is 0 Å². The van der Waals surface area contributed by atoms with Crippen LogP contribution < -0.4 is 0 Å². The summed E-state index contributed by atoms with van der Waals surface area (Å²) in [5.74, 6) is 1.40. The van der Waals surface area contributed by atoms with Crippen molar-refractivity contribution < 1.29 is 4.52 Å². The summed E-state index contributed by atoms with van der Waals surface area (Å²) in [6, 6.07) is 2.07. The molecule has 0 amide bonds. The number of hydrogen-bond acceptors (Lipinski definition) is 4. The Labute approximate surface area is 109 Å². The Bertz CT molecular complexity index is 325. The molecular weight excluding hydrogens is 232 g/mol. The molecule has 4 heteroatoms. The molecule has 0 fully saturated rings. The summed E-state index contributed by atoms with van der Waals surface area (Å²) < 4.78 is 5.33. The SMILES string of the molecule is CS[C@H](C)CCN(C)Cc1cc(C(C)C)no1. The van der Waals surface area contributed by atoms with Crippen molar-refractivity contribution in [2.24, 2.45) is 0 Å². The van der Waals surface area contributed by atoms with Crippen molar-refractivity contribution in [3.63, 3.8) is 0 Å². The first kappa shape index (κ1) is 14.6. The fraction of sp³-hybridized carbons (Fsp3) is 0.769. The van der Waals surface area contributed by atoms with E-state index in [0.717, 1.165) is 29.8 Å². The number of hydrogen-bond donors (Lipinski definition) is 0. The number of rotatable bonds is 7. The van der Waals surface area contributed by atoms with Crippen molar-refractivity contribution in [3.8, 4) is 0 Å². The smallest absolute Gasteiger partial charge is 0.150 e. The average molecular weight is 256 g/mol. The van der Waals surface area contributed by atoms with Crippen LogP contribution in [0.3, 0.4) is 0 Å². The standard InChI is InChI=1S/C13H24N2OS/c1-10(2)13-8-12(16-14-13)9-15(4)7-6-11(3)17-5/h8,10-11H,6-7,9H2,1-5H3/t11-/m1/s1. The molecule has 0 radical (unpaired) electrons. The molecule has 0 spiro atoms. The predicted octanol–water partition coefficient (Wildman–Crippen LogP) is 3.37. The van der Waals surface area contributed by atoms with Crippen molar-refractivity contribution in [1.82, 2.24) is 10.1 Å². The molecule has 0 aliphatic heterocycles. The molecule has 0 aliphatic rings. The summed E-state index contributed by atoms with van der Waals surface area (Å²) in [4.78, 5) is 2.29. The van der Waals surface area contributed by atoms with Gasteiger partial charge >= 0.3 is 0 Å². The third kappa shape index (κ3) is 5.13. The summed E-state index contributed by atoms with van der Waals surface area (Å²) in [5, 5.41) is 4.80. The highest BCUT2D eigenvalue weighted by molar-refractivity contribution is 7.99. The Morgan fingerprint density at radius 3 is 2.65 bits per heavy atom. The zero-order valence-corrected chi connectivity index (χ0v) is 12.4. The lowest BCUT2D eigenvalue weighted by atomic mass is 10.1. The first-order valence-corrected chi connectivity index (χ1v) is 7.48. The Kier molecular flexibility index (Phi) is 6.06. The Morgan fingerprint density at radius 2 is 2.12 bits per heavy atom. The van der Waals surface area contributed by atoms with Gasteiger partial charge in [0, 0.05) is 11.3 Å². The van der Waals surface area contributed by atoms with Gasteiger partial charge in [0.15, 0.2) is 5.76 Å². The summed E-state index contributed by atoms with van der Waals surface area (Å²) in [7, 11) is 2.13. The maximum atomic E-state index is 5.33. The molecule has 3 nitrogen and oxygen atoms in total. The van der Waals surface area contributed by atoms with Crippen LogP contribution >= 0.6 is 11.8 Å². The summed E-state index contributed by atoms with van der Waals surface area (Å²) in [6.07, 6.45) is 3.37. The van der Waals surface area contributed by atoms with Gasteiger partial charge in [-0.05, 0) is 32.2 Å². The van der Waals surface area contributed by atoms with Crippen LogP contribution in [0.5, 0.6) is 0 Å². The fourth-order valence-electron chi connectivity index (χ4n) is 1.54. The molecule has 17 heavy (non-hydrogen) atoms. The summed E-state index contributed by atoms with van der Waals surface area (Å²) >= 11 is 1.92. The molecule has 1 atom stereocenters. The van der Waals surface area contributed by atoms with E-state index in [2.05, 4.69) is 50.2 Å². The Morgan fingerprint density at radius 1 is 1.41 bits per heavy atom. The molecule has 0 N–H and O–H groups in total. The van der Waals surface area contributed by atoms with Crippen molar-refractivity contribution in [3.05, 3.63) is 17.5 Å². The van der Waals surface area contributed by atoms with Crippen LogP contribution in [0.15, 0.2) is 10.6 Å². The highest BCUT2D eigenvalue weighted by atomic mass is 32.2. The second-order valence-corrected chi connectivity index (χ2v) is 6.22. The van der Waals surface area contributed by atoms with E-state index in [1.165, 1.54) is 6.42 Å². The molecule has 0 aliphatic carbocycles. The fourth-order valence-corrected chi connectivity index (χ4v) is 1.88. The second kappa shape index (κ2) is 7.07. The number of nitrogens with zero attached hydrogens (tertiary/aromatic N) is 2. The highest BCUT2D eigenvalue weighted by Crippen LogP contribution is 2.16. The van der Waals surface area contributed by atoms with Gasteiger partial charge in [0.25, 0.3) is 0 Å². The largest absolute Gasteiger partial charge is 0.360 e. The van der Waals surface area contributed by atoms with Crippen LogP contribution in [0.25, 0.3) is 0 Å². The van der Waals surface area contributed by atoms with Gasteiger partial charge in [-0.25, -0.2) is 0 Å². The highest BCUT2D eigenvalue weighted by Gasteiger charge is 2.10. The van der Waals surface area contributed by atoms with E-state index in [1.807, 2.05) is 11.8 Å². The predicted molar refractivity (Wildman–Crippen MR) is 74.5 cm³/mol. The first-order valence-electron chi connectivity index (χ1n) is 6.19. The minimum atomic E-state index is 0.439. The quantitative estimate of drug-likeness (QED) is 0.748. The van der Waals surface area contributed by atoms with Crippen LogP contribution in [-0.4, -0.2) is 35.2 Å². The summed E-state index contributed by atoms with van der Waals surface area (Å²) in [5.41, 5.74) is 1.05. The number of aromatic nitrogens is 1. The van der Waals surface area contributed by atoms with Crippen molar-refractivity contribution in [2.45, 2.75) is 44.9 Å². The zero-order chi connectivity index (χ0) is 12.8. The van der Waals surface area contributed by atoms with Crippen LogP contribution in [0, 0.1) is 0 Å². The average Bonchev–Trinajstić information content (AvgIpc) is 2.74. The minimum absolute atomic E-state index is 0.439. The van der Waals surface area contributed by atoms with Gasteiger partial charge in [-0.1, -0.05) is 25.9 Å². The van der Waals surface area contributed by atoms with Gasteiger partial charge in [-0.3, -0.25) is 4.90 Å². The van der Waals surface area contributed by atoms with E-state index in [0.29, 0.717) is 5.92 Å². The zero-order valence-electron chi connectivity index (χ0n) is 11.6. The lowest BCUT2D eigenvalue weighted by Crippen LogP contribution is -2.21. The molecule has 1 rings (SSSR count). The van der Waals surface area contributed by atoms with Gasteiger partial charge in [0.05, 0.1) is 12.2 Å².